The highest BCUT2D eigenvalue weighted by Gasteiger charge is 2.37. The van der Waals surface area contributed by atoms with E-state index in [9.17, 15) is 24.8 Å². The van der Waals surface area contributed by atoms with Crippen LogP contribution < -0.4 is 14.4 Å². The molecule has 0 radical (unpaired) electrons. The number of carbonyl (C=O) groups excluding carboxylic acids is 2. The lowest BCUT2D eigenvalue weighted by Crippen LogP contribution is -2.40. The number of hydrogen-bond acceptors (Lipinski definition) is 7. The summed E-state index contributed by atoms with van der Waals surface area (Å²) >= 11 is 6.03. The summed E-state index contributed by atoms with van der Waals surface area (Å²) in [6.45, 7) is 0. The van der Waals surface area contributed by atoms with Crippen LogP contribution in [0.5, 0.6) is 17.2 Å². The van der Waals surface area contributed by atoms with Crippen LogP contribution in [0.15, 0.2) is 60.7 Å². The number of phenolic OH excluding ortho intramolecular Hbond substituents is 1. The third kappa shape index (κ3) is 6.37. The van der Waals surface area contributed by atoms with E-state index in [1.807, 2.05) is 0 Å². The van der Waals surface area contributed by atoms with Crippen LogP contribution in [-0.4, -0.2) is 35.9 Å². The van der Waals surface area contributed by atoms with Crippen molar-refractivity contribution >= 4 is 34.7 Å². The summed E-state index contributed by atoms with van der Waals surface area (Å²) in [6.07, 6.45) is 5.28. The van der Waals surface area contributed by atoms with E-state index in [1.165, 1.54) is 43.4 Å². The van der Waals surface area contributed by atoms with Crippen molar-refractivity contribution in [3.05, 3.63) is 86.9 Å². The van der Waals surface area contributed by atoms with Crippen LogP contribution in [0, 0.1) is 16.0 Å². The van der Waals surface area contributed by atoms with Crippen LogP contribution in [0.4, 0.5) is 11.4 Å². The second-order valence-electron chi connectivity index (χ2n) is 9.80. The molecule has 0 spiro atoms. The van der Waals surface area contributed by atoms with Gasteiger partial charge in [-0.25, -0.2) is 0 Å². The summed E-state index contributed by atoms with van der Waals surface area (Å²) in [5.41, 5.74) is 0.0333. The Morgan fingerprint density at radius 2 is 1.68 bits per heavy atom. The van der Waals surface area contributed by atoms with Gasteiger partial charge in [-0.1, -0.05) is 55.8 Å². The van der Waals surface area contributed by atoms with Crippen LogP contribution >= 0.6 is 11.6 Å². The molecule has 3 aromatic carbocycles. The molecular weight excluding hydrogens is 536 g/mol. The standard InChI is InChI=1S/C30H31ClN2O7/c1-39-27-15-11-22(18-28(27)40-2)32(30(36)24-14-10-21(31)17-25(24)33(37)38)29(20-8-12-23(34)13-9-20)26(35)16-19-6-4-3-5-7-19/h8-15,17-19,29,34H,3-7,16H2,1-2H3. The number of anilines is 1. The highest BCUT2D eigenvalue weighted by Crippen LogP contribution is 2.39. The minimum atomic E-state index is -1.14. The number of ketones is 1. The Kier molecular flexibility index (Phi) is 9.26. The average molecular weight is 567 g/mol. The summed E-state index contributed by atoms with van der Waals surface area (Å²) < 4.78 is 10.8. The molecule has 0 saturated heterocycles. The number of hydrogen-bond donors (Lipinski definition) is 1. The normalized spacial score (nSPS) is 14.3. The topological polar surface area (TPSA) is 119 Å². The Morgan fingerprint density at radius 3 is 2.30 bits per heavy atom. The highest BCUT2D eigenvalue weighted by atomic mass is 35.5. The van der Waals surface area contributed by atoms with E-state index in [2.05, 4.69) is 0 Å². The smallest absolute Gasteiger partial charge is 0.283 e. The van der Waals surface area contributed by atoms with Gasteiger partial charge in [0.25, 0.3) is 11.6 Å². The van der Waals surface area contributed by atoms with Gasteiger partial charge in [0.1, 0.15) is 17.4 Å². The molecule has 0 aliphatic heterocycles. The van der Waals surface area contributed by atoms with Gasteiger partial charge >= 0.3 is 0 Å². The van der Waals surface area contributed by atoms with Gasteiger partial charge in [0.2, 0.25) is 0 Å². The molecule has 1 amide bonds. The molecule has 210 valence electrons. The number of amides is 1. The van der Waals surface area contributed by atoms with Gasteiger partial charge < -0.3 is 14.6 Å². The molecule has 1 atom stereocenters. The Morgan fingerprint density at radius 1 is 1.00 bits per heavy atom. The van der Waals surface area contributed by atoms with Gasteiger partial charge in [-0.2, -0.15) is 0 Å². The first-order valence-electron chi connectivity index (χ1n) is 13.0. The molecule has 1 saturated carbocycles. The molecule has 0 bridgehead atoms. The summed E-state index contributed by atoms with van der Waals surface area (Å²) in [5.74, 6) is -0.0749. The largest absolute Gasteiger partial charge is 0.508 e. The molecule has 10 heteroatoms. The minimum Gasteiger partial charge on any atom is -0.508 e. The minimum absolute atomic E-state index is 0.000406. The molecule has 1 aliphatic carbocycles. The van der Waals surface area contributed by atoms with Crippen LogP contribution in [-0.2, 0) is 4.79 Å². The SMILES string of the molecule is COc1ccc(N(C(=O)c2ccc(Cl)cc2[N+](=O)[O-])C(C(=O)CC2CCCCC2)c2ccc(O)cc2)cc1OC. The van der Waals surface area contributed by atoms with Crippen molar-refractivity contribution in [1.29, 1.82) is 0 Å². The van der Waals surface area contributed by atoms with Crippen LogP contribution in [0.3, 0.4) is 0 Å². The molecule has 4 rings (SSSR count). The van der Waals surface area contributed by atoms with Gasteiger partial charge in [-0.05, 0) is 47.9 Å². The summed E-state index contributed by atoms with van der Waals surface area (Å²) in [7, 11) is 2.92. The Hall–Kier alpha value is -4.11. The van der Waals surface area contributed by atoms with Crippen molar-refractivity contribution in [1.82, 2.24) is 0 Å². The number of nitro groups is 1. The van der Waals surface area contributed by atoms with Crippen molar-refractivity contribution < 1.29 is 29.1 Å². The van der Waals surface area contributed by atoms with E-state index >= 15 is 0 Å². The van der Waals surface area contributed by atoms with E-state index < -0.39 is 22.6 Å². The van der Waals surface area contributed by atoms with Crippen molar-refractivity contribution in [2.24, 2.45) is 5.92 Å². The molecule has 3 aromatic rings. The molecule has 1 unspecified atom stereocenters. The number of carbonyl (C=O) groups is 2. The number of Topliss-reactive ketones (excluding diaryl/α,β-unsaturated/α-hetero) is 1. The third-order valence-corrected chi connectivity index (χ3v) is 7.47. The summed E-state index contributed by atoms with van der Waals surface area (Å²) in [6, 6.07) is 13.5. The quantitative estimate of drug-likeness (QED) is 0.209. The van der Waals surface area contributed by atoms with E-state index in [4.69, 9.17) is 21.1 Å². The maximum atomic E-state index is 14.3. The maximum Gasteiger partial charge on any atom is 0.283 e. The third-order valence-electron chi connectivity index (χ3n) is 7.24. The Balaban J connectivity index is 1.91. The fourth-order valence-electron chi connectivity index (χ4n) is 5.25. The molecular formula is C30H31ClN2O7. The fourth-order valence-corrected chi connectivity index (χ4v) is 5.41. The van der Waals surface area contributed by atoms with Crippen molar-refractivity contribution in [2.75, 3.05) is 19.1 Å². The first kappa shape index (κ1) is 28.9. The van der Waals surface area contributed by atoms with Crippen LogP contribution in [0.2, 0.25) is 5.02 Å². The number of phenols is 1. The second-order valence-corrected chi connectivity index (χ2v) is 10.2. The second kappa shape index (κ2) is 12.8. The number of ether oxygens (including phenoxy) is 2. The number of nitro benzene ring substituents is 1. The van der Waals surface area contributed by atoms with Crippen molar-refractivity contribution in [2.45, 2.75) is 44.6 Å². The molecule has 0 aromatic heterocycles. The lowest BCUT2D eigenvalue weighted by Gasteiger charge is -2.33. The molecule has 9 nitrogen and oxygen atoms in total. The first-order valence-corrected chi connectivity index (χ1v) is 13.4. The van der Waals surface area contributed by atoms with Crippen molar-refractivity contribution in [3.8, 4) is 17.2 Å². The Labute approximate surface area is 237 Å². The van der Waals surface area contributed by atoms with E-state index in [1.54, 1.807) is 30.3 Å². The van der Waals surface area contributed by atoms with Gasteiger partial charge in [-0.15, -0.1) is 0 Å². The number of rotatable bonds is 10. The number of aromatic hydroxyl groups is 1. The monoisotopic (exact) mass is 566 g/mol. The van der Waals surface area contributed by atoms with E-state index in [0.29, 0.717) is 17.1 Å². The van der Waals surface area contributed by atoms with Gasteiger partial charge in [0.15, 0.2) is 17.3 Å². The number of nitrogens with zero attached hydrogens (tertiary/aromatic N) is 2. The van der Waals surface area contributed by atoms with E-state index in [-0.39, 0.29) is 40.1 Å². The lowest BCUT2D eigenvalue weighted by atomic mass is 9.83. The highest BCUT2D eigenvalue weighted by molar-refractivity contribution is 6.31. The number of methoxy groups -OCH3 is 2. The zero-order chi connectivity index (χ0) is 28.8. The Bertz CT molecular complexity index is 1390. The molecule has 1 N–H and O–H groups in total. The van der Waals surface area contributed by atoms with Crippen LogP contribution in [0.25, 0.3) is 0 Å². The first-order chi connectivity index (χ1) is 19.2. The zero-order valence-electron chi connectivity index (χ0n) is 22.3. The molecule has 0 heterocycles. The van der Waals surface area contributed by atoms with Gasteiger partial charge in [0, 0.05) is 29.3 Å². The van der Waals surface area contributed by atoms with Gasteiger partial charge in [-0.3, -0.25) is 24.6 Å². The molecule has 1 aliphatic rings. The van der Waals surface area contributed by atoms with Gasteiger partial charge in [0.05, 0.1) is 19.1 Å². The lowest BCUT2D eigenvalue weighted by molar-refractivity contribution is -0.385. The summed E-state index contributed by atoms with van der Waals surface area (Å²) in [5, 5.41) is 22.0. The molecule has 1 fully saturated rings. The fraction of sp³-hybridized carbons (Fsp3) is 0.333. The predicted molar refractivity (Wildman–Crippen MR) is 152 cm³/mol. The molecule has 40 heavy (non-hydrogen) atoms. The maximum absolute atomic E-state index is 14.3. The number of halogens is 1. The summed E-state index contributed by atoms with van der Waals surface area (Å²) in [4.78, 5) is 41.0. The average Bonchev–Trinajstić information content (AvgIpc) is 2.96. The zero-order valence-corrected chi connectivity index (χ0v) is 23.1. The predicted octanol–water partition coefficient (Wildman–Crippen LogP) is 6.90. The van der Waals surface area contributed by atoms with E-state index in [0.717, 1.165) is 38.2 Å². The van der Waals surface area contributed by atoms with Crippen LogP contribution in [0.1, 0.15) is 60.5 Å². The van der Waals surface area contributed by atoms with Crippen molar-refractivity contribution in [3.63, 3.8) is 0 Å². The number of benzene rings is 3.